The van der Waals surface area contributed by atoms with Crippen molar-refractivity contribution in [3.63, 3.8) is 0 Å². The summed E-state index contributed by atoms with van der Waals surface area (Å²) in [6.45, 7) is 0. The minimum Gasteiger partial charge on any atom is -0.550 e. The molecule has 1 aliphatic rings. The SMILES string of the molecule is O=C([O-])CC1=C(c2cccs2)NNC(=Nc2ccccc2)S1. The highest BCUT2D eigenvalue weighted by Gasteiger charge is 2.19. The Bertz CT molecular complexity index is 725. The largest absolute Gasteiger partial charge is 0.550 e. The van der Waals surface area contributed by atoms with E-state index >= 15 is 0 Å². The Hall–Kier alpha value is -2.25. The third-order valence-corrected chi connectivity index (χ3v) is 4.72. The van der Waals surface area contributed by atoms with E-state index < -0.39 is 5.97 Å². The highest BCUT2D eigenvalue weighted by Crippen LogP contribution is 2.33. The van der Waals surface area contributed by atoms with Crippen LogP contribution in [0, 0.1) is 0 Å². The number of hydrogen-bond donors (Lipinski definition) is 2. The molecule has 2 aromatic rings. The van der Waals surface area contributed by atoms with Crippen molar-refractivity contribution < 1.29 is 9.90 Å². The van der Waals surface area contributed by atoms with Gasteiger partial charge in [0.05, 0.1) is 16.3 Å². The number of aliphatic carboxylic acids is 1. The summed E-state index contributed by atoms with van der Waals surface area (Å²) in [5, 5.41) is 13.5. The van der Waals surface area contributed by atoms with E-state index in [-0.39, 0.29) is 6.42 Å². The van der Waals surface area contributed by atoms with Crippen LogP contribution in [-0.2, 0) is 4.79 Å². The number of rotatable bonds is 4. The van der Waals surface area contributed by atoms with Gasteiger partial charge in [-0.25, -0.2) is 4.99 Å². The van der Waals surface area contributed by atoms with Gasteiger partial charge in [0.1, 0.15) is 0 Å². The summed E-state index contributed by atoms with van der Waals surface area (Å²) < 4.78 is 0. The Kier molecular flexibility index (Phi) is 4.45. The van der Waals surface area contributed by atoms with Crippen LogP contribution in [0.2, 0.25) is 0 Å². The summed E-state index contributed by atoms with van der Waals surface area (Å²) >= 11 is 2.84. The second-order valence-corrected chi connectivity index (χ2v) is 6.46. The molecule has 0 spiro atoms. The zero-order valence-electron chi connectivity index (χ0n) is 11.4. The zero-order valence-corrected chi connectivity index (χ0v) is 13.0. The van der Waals surface area contributed by atoms with Gasteiger partial charge in [-0.1, -0.05) is 36.0 Å². The molecule has 2 N–H and O–H groups in total. The van der Waals surface area contributed by atoms with E-state index in [0.717, 1.165) is 16.3 Å². The summed E-state index contributed by atoms with van der Waals surface area (Å²) in [4.78, 5) is 17.1. The average molecular weight is 330 g/mol. The maximum absolute atomic E-state index is 11.0. The van der Waals surface area contributed by atoms with E-state index in [1.54, 1.807) is 0 Å². The Morgan fingerprint density at radius 3 is 2.64 bits per heavy atom. The van der Waals surface area contributed by atoms with E-state index in [1.165, 1.54) is 23.1 Å². The van der Waals surface area contributed by atoms with E-state index in [2.05, 4.69) is 15.8 Å². The zero-order chi connectivity index (χ0) is 15.4. The lowest BCUT2D eigenvalue weighted by atomic mass is 10.3. The minimum absolute atomic E-state index is 0.152. The predicted octanol–water partition coefficient (Wildman–Crippen LogP) is 2.09. The van der Waals surface area contributed by atoms with Crippen molar-refractivity contribution in [2.75, 3.05) is 0 Å². The number of nitrogens with one attached hydrogen (secondary N) is 2. The fourth-order valence-electron chi connectivity index (χ4n) is 1.92. The number of carboxylic acids is 1. The molecule has 0 aliphatic carbocycles. The maximum Gasteiger partial charge on any atom is 0.185 e. The first-order chi connectivity index (χ1) is 10.7. The average Bonchev–Trinajstić information content (AvgIpc) is 3.02. The first-order valence-corrected chi connectivity index (χ1v) is 8.22. The number of nitrogens with zero attached hydrogens (tertiary/aromatic N) is 1. The molecule has 1 aromatic heterocycles. The predicted molar refractivity (Wildman–Crippen MR) is 88.3 cm³/mol. The van der Waals surface area contributed by atoms with E-state index in [0.29, 0.717) is 10.1 Å². The number of hydrazine groups is 1. The normalized spacial score (nSPS) is 16.3. The second-order valence-electron chi connectivity index (χ2n) is 4.43. The van der Waals surface area contributed by atoms with Crippen LogP contribution in [0.4, 0.5) is 5.69 Å². The summed E-state index contributed by atoms with van der Waals surface area (Å²) in [5.41, 5.74) is 7.61. The van der Waals surface area contributed by atoms with Gasteiger partial charge in [0.15, 0.2) is 5.17 Å². The van der Waals surface area contributed by atoms with Crippen LogP contribution >= 0.6 is 23.1 Å². The fourth-order valence-corrected chi connectivity index (χ4v) is 3.68. The fraction of sp³-hybridized carbons (Fsp3) is 0.0667. The van der Waals surface area contributed by atoms with Gasteiger partial charge in [-0.15, -0.1) is 11.3 Å². The molecule has 5 nitrogen and oxygen atoms in total. The van der Waals surface area contributed by atoms with Crippen molar-refractivity contribution in [2.24, 2.45) is 4.99 Å². The van der Waals surface area contributed by atoms with Crippen LogP contribution in [-0.4, -0.2) is 11.1 Å². The first kappa shape index (κ1) is 14.7. The van der Waals surface area contributed by atoms with Gasteiger partial charge in [-0.2, -0.15) is 0 Å². The number of carbonyl (C=O) groups excluding carboxylic acids is 1. The molecule has 1 aliphatic heterocycles. The Morgan fingerprint density at radius 2 is 1.95 bits per heavy atom. The topological polar surface area (TPSA) is 76.5 Å². The second kappa shape index (κ2) is 6.67. The van der Waals surface area contributed by atoms with E-state index in [1.807, 2.05) is 47.8 Å². The van der Waals surface area contributed by atoms with Crippen LogP contribution in [0.3, 0.4) is 0 Å². The maximum atomic E-state index is 11.0. The summed E-state index contributed by atoms with van der Waals surface area (Å²) in [7, 11) is 0. The molecule has 112 valence electrons. The highest BCUT2D eigenvalue weighted by molar-refractivity contribution is 8.17. The van der Waals surface area contributed by atoms with E-state index in [9.17, 15) is 9.90 Å². The lowest BCUT2D eigenvalue weighted by Gasteiger charge is -2.24. The molecule has 7 heteroatoms. The van der Waals surface area contributed by atoms with Gasteiger partial charge < -0.3 is 9.90 Å². The molecular weight excluding hydrogens is 318 g/mol. The van der Waals surface area contributed by atoms with Crippen molar-refractivity contribution in [1.29, 1.82) is 0 Å². The number of para-hydroxylation sites is 1. The molecule has 1 aromatic carbocycles. The number of thioether (sulfide) groups is 1. The van der Waals surface area contributed by atoms with Crippen molar-refractivity contribution in [1.82, 2.24) is 10.9 Å². The molecule has 0 fully saturated rings. The number of aliphatic imine (C=N–C) groups is 1. The van der Waals surface area contributed by atoms with Gasteiger partial charge in [0.25, 0.3) is 0 Å². The van der Waals surface area contributed by atoms with Crippen LogP contribution in [0.15, 0.2) is 57.7 Å². The first-order valence-electron chi connectivity index (χ1n) is 6.53. The standard InChI is InChI=1S/C15H13N3O2S2/c19-13(20)9-12-14(11-7-4-8-21-11)17-18-15(22-12)16-10-5-2-1-3-6-10/h1-8,17H,9H2,(H,16,18)(H,19,20)/p-1. The Labute approximate surface area is 135 Å². The molecule has 2 heterocycles. The molecular formula is C15H12N3O2S2-. The van der Waals surface area contributed by atoms with Gasteiger partial charge in [-0.3, -0.25) is 10.9 Å². The number of benzene rings is 1. The molecule has 0 atom stereocenters. The lowest BCUT2D eigenvalue weighted by molar-refractivity contribution is -0.304. The van der Waals surface area contributed by atoms with Gasteiger partial charge in [0.2, 0.25) is 0 Å². The number of thiophene rings is 1. The van der Waals surface area contributed by atoms with Crippen LogP contribution in [0.1, 0.15) is 11.3 Å². The van der Waals surface area contributed by atoms with Crippen molar-refractivity contribution in [3.8, 4) is 0 Å². The smallest absolute Gasteiger partial charge is 0.185 e. The molecule has 0 unspecified atom stereocenters. The van der Waals surface area contributed by atoms with Crippen molar-refractivity contribution in [2.45, 2.75) is 6.42 Å². The van der Waals surface area contributed by atoms with Gasteiger partial charge >= 0.3 is 0 Å². The van der Waals surface area contributed by atoms with Crippen LogP contribution < -0.4 is 16.0 Å². The van der Waals surface area contributed by atoms with E-state index in [4.69, 9.17) is 0 Å². The number of carboxylic acid groups (broad SMARTS) is 1. The molecule has 0 radical (unpaired) electrons. The van der Waals surface area contributed by atoms with Gasteiger partial charge in [0, 0.05) is 17.3 Å². The van der Waals surface area contributed by atoms with Gasteiger partial charge in [-0.05, 0) is 23.6 Å². The summed E-state index contributed by atoms with van der Waals surface area (Å²) in [5.74, 6) is -1.11. The highest BCUT2D eigenvalue weighted by atomic mass is 32.2. The number of hydrogen-bond acceptors (Lipinski definition) is 6. The molecule has 0 amide bonds. The Morgan fingerprint density at radius 1 is 1.14 bits per heavy atom. The van der Waals surface area contributed by atoms with Crippen LogP contribution in [0.25, 0.3) is 5.70 Å². The quantitative estimate of drug-likeness (QED) is 0.898. The monoisotopic (exact) mass is 330 g/mol. The third-order valence-electron chi connectivity index (χ3n) is 2.85. The Balaban J connectivity index is 1.90. The molecule has 22 heavy (non-hydrogen) atoms. The molecule has 0 saturated heterocycles. The molecule has 0 bridgehead atoms. The minimum atomic E-state index is -1.11. The van der Waals surface area contributed by atoms with Crippen LogP contribution in [0.5, 0.6) is 0 Å². The molecule has 3 rings (SSSR count). The molecule has 0 saturated carbocycles. The lowest BCUT2D eigenvalue weighted by Crippen LogP contribution is -2.39. The summed E-state index contributed by atoms with van der Waals surface area (Å²) in [6.07, 6.45) is -0.152. The van der Waals surface area contributed by atoms with Crippen molar-refractivity contribution in [3.05, 3.63) is 57.6 Å². The third kappa shape index (κ3) is 3.49. The number of carbonyl (C=O) groups is 1. The number of amidine groups is 1. The summed E-state index contributed by atoms with van der Waals surface area (Å²) in [6, 6.07) is 13.3. The van der Waals surface area contributed by atoms with Crippen molar-refractivity contribution >= 4 is 45.6 Å².